The predicted octanol–water partition coefficient (Wildman–Crippen LogP) is 1.70. The van der Waals surface area contributed by atoms with E-state index in [0.717, 1.165) is 61.5 Å². The number of halogens is 1. The van der Waals surface area contributed by atoms with Crippen LogP contribution in [0.5, 0.6) is 0 Å². The summed E-state index contributed by atoms with van der Waals surface area (Å²) in [6.45, 7) is 9.40. The van der Waals surface area contributed by atoms with Gasteiger partial charge in [0.15, 0.2) is 0 Å². The Morgan fingerprint density at radius 2 is 2.15 bits per heavy atom. The van der Waals surface area contributed by atoms with Crippen molar-refractivity contribution in [1.29, 1.82) is 0 Å². The summed E-state index contributed by atoms with van der Waals surface area (Å²) in [6.07, 6.45) is 1.59. The second-order valence-electron chi connectivity index (χ2n) is 6.43. The Kier molecular flexibility index (Phi) is 6.29. The molecule has 3 rings (SSSR count). The summed E-state index contributed by atoms with van der Waals surface area (Å²) in [5, 5.41) is 4.91. The normalized spacial score (nSPS) is 15.2. The van der Waals surface area contributed by atoms with Gasteiger partial charge in [-0.3, -0.25) is 4.98 Å². The van der Waals surface area contributed by atoms with Crippen LogP contribution >= 0.6 is 11.6 Å². The lowest BCUT2D eigenvalue weighted by Gasteiger charge is -2.24. The Labute approximate surface area is 158 Å². The fourth-order valence-electron chi connectivity index (χ4n) is 3.26. The largest absolute Gasteiger partial charge is 0.462 e. The van der Waals surface area contributed by atoms with E-state index in [9.17, 15) is 4.79 Å². The molecule has 0 radical (unpaired) electrons. The molecule has 0 spiro atoms. The van der Waals surface area contributed by atoms with E-state index >= 15 is 0 Å². The fraction of sp³-hybridized carbons (Fsp3) is 0.474. The number of fused-ring (bicyclic) bond motifs is 1. The van der Waals surface area contributed by atoms with Gasteiger partial charge in [0.25, 0.3) is 0 Å². The van der Waals surface area contributed by atoms with E-state index in [-0.39, 0.29) is 5.97 Å². The maximum Gasteiger partial charge on any atom is 0.341 e. The minimum absolute atomic E-state index is 0.322. The van der Waals surface area contributed by atoms with Gasteiger partial charge in [0, 0.05) is 16.6 Å². The van der Waals surface area contributed by atoms with E-state index in [1.165, 1.54) is 4.90 Å². The number of nitrogens with zero attached hydrogens (tertiary/aromatic N) is 1. The van der Waals surface area contributed by atoms with Gasteiger partial charge in [0.1, 0.15) is 18.7 Å². The molecule has 0 aliphatic carbocycles. The van der Waals surface area contributed by atoms with Gasteiger partial charge in [-0.15, -0.1) is 0 Å². The minimum atomic E-state index is -0.374. The van der Waals surface area contributed by atoms with E-state index in [4.69, 9.17) is 21.1 Å². The molecular formula is C19H25ClN3O3+. The molecule has 2 heterocycles. The minimum Gasteiger partial charge on any atom is -0.462 e. The molecule has 0 bridgehead atoms. The zero-order valence-corrected chi connectivity index (χ0v) is 16.0. The molecule has 1 aromatic heterocycles. The average molecular weight is 379 g/mol. The van der Waals surface area contributed by atoms with Crippen molar-refractivity contribution >= 4 is 34.2 Å². The number of pyridine rings is 1. The first-order valence-corrected chi connectivity index (χ1v) is 9.39. The summed E-state index contributed by atoms with van der Waals surface area (Å²) >= 11 is 6.26. The Hall–Kier alpha value is -1.89. The summed E-state index contributed by atoms with van der Waals surface area (Å²) in [6, 6.07) is 3.73. The summed E-state index contributed by atoms with van der Waals surface area (Å²) in [4.78, 5) is 18.3. The molecule has 7 heteroatoms. The molecule has 0 unspecified atom stereocenters. The molecule has 1 aliphatic rings. The highest BCUT2D eigenvalue weighted by atomic mass is 35.5. The smallest absolute Gasteiger partial charge is 0.341 e. The SMILES string of the molecule is CCOC(=O)c1cnc2c(C)cc(Cl)cc2c1NCC[NH+]1CCOCC1. The Balaban J connectivity index is 1.90. The highest BCUT2D eigenvalue weighted by Gasteiger charge is 2.19. The van der Waals surface area contributed by atoms with Crippen LogP contribution < -0.4 is 10.2 Å². The highest BCUT2D eigenvalue weighted by molar-refractivity contribution is 6.31. The Bertz CT molecular complexity index is 791. The number of benzene rings is 1. The van der Waals surface area contributed by atoms with Gasteiger partial charge in [-0.05, 0) is 31.5 Å². The number of aromatic nitrogens is 1. The molecule has 1 aromatic carbocycles. The molecule has 26 heavy (non-hydrogen) atoms. The number of quaternary nitrogens is 1. The van der Waals surface area contributed by atoms with Crippen molar-refractivity contribution in [2.75, 3.05) is 51.3 Å². The Morgan fingerprint density at radius 3 is 2.88 bits per heavy atom. The van der Waals surface area contributed by atoms with Crippen LogP contribution in [-0.2, 0) is 9.47 Å². The molecule has 0 saturated carbocycles. The molecule has 1 aliphatic heterocycles. The molecule has 2 N–H and O–H groups in total. The van der Waals surface area contributed by atoms with Gasteiger partial charge in [-0.25, -0.2) is 4.79 Å². The van der Waals surface area contributed by atoms with Gasteiger partial charge in [-0.1, -0.05) is 11.6 Å². The third-order valence-corrected chi connectivity index (χ3v) is 4.82. The molecule has 1 fully saturated rings. The third-order valence-electron chi connectivity index (χ3n) is 4.60. The second-order valence-corrected chi connectivity index (χ2v) is 6.86. The van der Waals surface area contributed by atoms with E-state index in [0.29, 0.717) is 17.2 Å². The van der Waals surface area contributed by atoms with Crippen molar-refractivity contribution in [1.82, 2.24) is 4.98 Å². The quantitative estimate of drug-likeness (QED) is 0.749. The lowest BCUT2D eigenvalue weighted by Crippen LogP contribution is -3.14. The number of nitrogens with one attached hydrogen (secondary N) is 2. The van der Waals surface area contributed by atoms with E-state index in [1.807, 2.05) is 19.1 Å². The Morgan fingerprint density at radius 1 is 1.38 bits per heavy atom. The summed E-state index contributed by atoms with van der Waals surface area (Å²) in [7, 11) is 0. The fourth-order valence-corrected chi connectivity index (χ4v) is 3.54. The average Bonchev–Trinajstić information content (AvgIpc) is 2.63. The number of anilines is 1. The van der Waals surface area contributed by atoms with Gasteiger partial charge >= 0.3 is 5.97 Å². The molecule has 0 amide bonds. The molecule has 2 aromatic rings. The third kappa shape index (κ3) is 4.26. The number of aryl methyl sites for hydroxylation is 1. The summed E-state index contributed by atoms with van der Waals surface area (Å²) in [5.41, 5.74) is 3.00. The van der Waals surface area contributed by atoms with Crippen molar-refractivity contribution in [3.63, 3.8) is 0 Å². The first-order chi connectivity index (χ1) is 12.6. The van der Waals surface area contributed by atoms with Crippen LogP contribution in [0, 0.1) is 6.92 Å². The summed E-state index contributed by atoms with van der Waals surface area (Å²) in [5.74, 6) is -0.374. The number of hydrogen-bond donors (Lipinski definition) is 2. The molecule has 6 nitrogen and oxygen atoms in total. The van der Waals surface area contributed by atoms with Crippen LogP contribution in [0.15, 0.2) is 18.3 Å². The van der Waals surface area contributed by atoms with Crippen LogP contribution in [-0.4, -0.2) is 57.0 Å². The maximum atomic E-state index is 12.4. The van der Waals surface area contributed by atoms with Crippen molar-refractivity contribution in [2.45, 2.75) is 13.8 Å². The van der Waals surface area contributed by atoms with Crippen LogP contribution in [0.3, 0.4) is 0 Å². The van der Waals surface area contributed by atoms with Crippen LogP contribution in [0.2, 0.25) is 5.02 Å². The number of morpholine rings is 1. The monoisotopic (exact) mass is 378 g/mol. The topological polar surface area (TPSA) is 64.9 Å². The van der Waals surface area contributed by atoms with Crippen molar-refractivity contribution in [3.05, 3.63) is 34.5 Å². The van der Waals surface area contributed by atoms with Crippen molar-refractivity contribution < 1.29 is 19.2 Å². The van der Waals surface area contributed by atoms with Crippen LogP contribution in [0.1, 0.15) is 22.8 Å². The number of hydrogen-bond acceptors (Lipinski definition) is 5. The number of rotatable bonds is 6. The lowest BCUT2D eigenvalue weighted by atomic mass is 10.1. The zero-order valence-electron chi connectivity index (χ0n) is 15.2. The standard InChI is InChI=1S/C19H24ClN3O3/c1-3-26-19(24)16-12-22-17-13(2)10-14(20)11-15(17)18(16)21-4-5-23-6-8-25-9-7-23/h10-12H,3-9H2,1-2H3,(H,21,22)/p+1. The number of carbonyl (C=O) groups excluding carboxylic acids is 1. The first kappa shape index (κ1) is 18.9. The number of carbonyl (C=O) groups is 1. The predicted molar refractivity (Wildman–Crippen MR) is 102 cm³/mol. The molecular weight excluding hydrogens is 354 g/mol. The second kappa shape index (κ2) is 8.66. The van der Waals surface area contributed by atoms with Gasteiger partial charge in [0.2, 0.25) is 0 Å². The van der Waals surface area contributed by atoms with E-state index in [1.54, 1.807) is 13.1 Å². The number of ether oxygens (including phenoxy) is 2. The van der Waals surface area contributed by atoms with Crippen molar-refractivity contribution in [2.24, 2.45) is 0 Å². The van der Waals surface area contributed by atoms with Gasteiger partial charge < -0.3 is 19.7 Å². The van der Waals surface area contributed by atoms with Crippen LogP contribution in [0.25, 0.3) is 10.9 Å². The zero-order chi connectivity index (χ0) is 18.5. The highest BCUT2D eigenvalue weighted by Crippen LogP contribution is 2.31. The number of esters is 1. The molecule has 0 atom stereocenters. The molecule has 1 saturated heterocycles. The van der Waals surface area contributed by atoms with Crippen molar-refractivity contribution in [3.8, 4) is 0 Å². The lowest BCUT2D eigenvalue weighted by molar-refractivity contribution is -0.906. The van der Waals surface area contributed by atoms with Gasteiger partial charge in [-0.2, -0.15) is 0 Å². The van der Waals surface area contributed by atoms with Crippen LogP contribution in [0.4, 0.5) is 5.69 Å². The summed E-state index contributed by atoms with van der Waals surface area (Å²) < 4.78 is 10.6. The maximum absolute atomic E-state index is 12.4. The van der Waals surface area contributed by atoms with E-state index in [2.05, 4.69) is 10.3 Å². The van der Waals surface area contributed by atoms with Gasteiger partial charge in [0.05, 0.1) is 44.1 Å². The van der Waals surface area contributed by atoms with E-state index < -0.39 is 0 Å². The first-order valence-electron chi connectivity index (χ1n) is 9.01. The molecule has 140 valence electrons.